The maximum absolute atomic E-state index is 12.1. The van der Waals surface area contributed by atoms with Gasteiger partial charge in [-0.3, -0.25) is 4.79 Å². The fraction of sp³-hybridized carbons (Fsp3) is 0.0625. The highest BCUT2D eigenvalue weighted by Gasteiger charge is 2.15. The third kappa shape index (κ3) is 3.87. The second-order valence-corrected chi connectivity index (χ2v) is 6.10. The van der Waals surface area contributed by atoms with Crippen LogP contribution >= 0.6 is 34.8 Å². The van der Waals surface area contributed by atoms with Gasteiger partial charge >= 0.3 is 0 Å². The van der Waals surface area contributed by atoms with Crippen molar-refractivity contribution in [2.45, 2.75) is 6.42 Å². The molecule has 0 saturated heterocycles. The first-order chi connectivity index (χ1) is 11.5. The van der Waals surface area contributed by atoms with E-state index in [0.29, 0.717) is 16.6 Å². The molecule has 3 rings (SSSR count). The lowest BCUT2D eigenvalue weighted by Crippen LogP contribution is -2.15. The molecule has 2 aromatic carbocycles. The van der Waals surface area contributed by atoms with E-state index in [2.05, 4.69) is 15.5 Å². The summed E-state index contributed by atoms with van der Waals surface area (Å²) in [7, 11) is 0. The second-order valence-electron chi connectivity index (χ2n) is 4.85. The molecule has 1 heterocycles. The minimum Gasteiger partial charge on any atom is -0.334 e. The van der Waals surface area contributed by atoms with Crippen LogP contribution in [0.4, 0.5) is 5.69 Å². The van der Waals surface area contributed by atoms with Crippen LogP contribution in [0.2, 0.25) is 15.1 Å². The molecule has 3 aromatic rings. The molecule has 0 saturated carbocycles. The van der Waals surface area contributed by atoms with E-state index in [1.165, 1.54) is 12.1 Å². The van der Waals surface area contributed by atoms with Crippen molar-refractivity contribution in [3.63, 3.8) is 0 Å². The molecular formula is C16H10Cl3N3O2. The van der Waals surface area contributed by atoms with Crippen LogP contribution in [-0.2, 0) is 11.2 Å². The van der Waals surface area contributed by atoms with E-state index in [0.717, 1.165) is 5.56 Å². The molecule has 122 valence electrons. The Bertz CT molecular complexity index is 858. The molecule has 0 bridgehead atoms. The third-order valence-electron chi connectivity index (χ3n) is 3.08. The van der Waals surface area contributed by atoms with Crippen LogP contribution in [0.3, 0.4) is 0 Å². The molecule has 24 heavy (non-hydrogen) atoms. The molecule has 5 nitrogen and oxygen atoms in total. The standard InChI is InChI=1S/C16H10Cl3N3O2/c17-10-6-11(18)15(12(19)7-10)21-14(23)8-13-20-16(24-22-13)9-4-2-1-3-5-9/h1-7H,8H2,(H,21,23). The van der Waals surface area contributed by atoms with Gasteiger partial charge in [0.15, 0.2) is 5.82 Å². The van der Waals surface area contributed by atoms with Crippen molar-refractivity contribution in [2.75, 3.05) is 5.32 Å². The van der Waals surface area contributed by atoms with Gasteiger partial charge in [-0.05, 0) is 24.3 Å². The fourth-order valence-corrected chi connectivity index (χ4v) is 2.92. The van der Waals surface area contributed by atoms with Crippen molar-refractivity contribution >= 4 is 46.4 Å². The summed E-state index contributed by atoms with van der Waals surface area (Å²) < 4.78 is 5.15. The van der Waals surface area contributed by atoms with Crippen molar-refractivity contribution < 1.29 is 9.32 Å². The highest BCUT2D eigenvalue weighted by molar-refractivity contribution is 6.42. The Balaban J connectivity index is 1.71. The molecule has 8 heteroatoms. The fourth-order valence-electron chi connectivity index (χ4n) is 2.01. The Morgan fingerprint density at radius 2 is 1.75 bits per heavy atom. The maximum Gasteiger partial charge on any atom is 0.257 e. The van der Waals surface area contributed by atoms with Crippen LogP contribution in [0.1, 0.15) is 5.82 Å². The highest BCUT2D eigenvalue weighted by Crippen LogP contribution is 2.33. The summed E-state index contributed by atoms with van der Waals surface area (Å²) in [5, 5.41) is 7.30. The Kier molecular flexibility index (Phi) is 5.04. The first kappa shape index (κ1) is 16.8. The van der Waals surface area contributed by atoms with Gasteiger partial charge in [0, 0.05) is 10.6 Å². The zero-order chi connectivity index (χ0) is 17.1. The SMILES string of the molecule is O=C(Cc1noc(-c2ccccc2)n1)Nc1c(Cl)cc(Cl)cc1Cl. The minimum atomic E-state index is -0.374. The molecular weight excluding hydrogens is 373 g/mol. The lowest BCUT2D eigenvalue weighted by atomic mass is 10.2. The van der Waals surface area contributed by atoms with Gasteiger partial charge in [-0.2, -0.15) is 4.98 Å². The van der Waals surface area contributed by atoms with Gasteiger partial charge in [0.05, 0.1) is 22.2 Å². The lowest BCUT2D eigenvalue weighted by Gasteiger charge is -2.08. The molecule has 0 atom stereocenters. The average molecular weight is 383 g/mol. The van der Waals surface area contributed by atoms with Crippen LogP contribution in [0.15, 0.2) is 47.0 Å². The number of amides is 1. The highest BCUT2D eigenvalue weighted by atomic mass is 35.5. The molecule has 1 amide bonds. The smallest absolute Gasteiger partial charge is 0.257 e. The molecule has 0 aliphatic heterocycles. The summed E-state index contributed by atoms with van der Waals surface area (Å²) in [5.74, 6) is 0.232. The number of nitrogens with zero attached hydrogens (tertiary/aromatic N) is 2. The van der Waals surface area contributed by atoms with E-state index < -0.39 is 0 Å². The molecule has 1 aromatic heterocycles. The summed E-state index contributed by atoms with van der Waals surface area (Å²) in [6.07, 6.45) is -0.0778. The largest absolute Gasteiger partial charge is 0.334 e. The monoisotopic (exact) mass is 381 g/mol. The number of carbonyl (C=O) groups excluding carboxylic acids is 1. The Labute approximate surface area is 152 Å². The van der Waals surface area contributed by atoms with Gasteiger partial charge in [-0.25, -0.2) is 0 Å². The first-order valence-corrected chi connectivity index (χ1v) is 7.98. The van der Waals surface area contributed by atoms with E-state index in [1.807, 2.05) is 30.3 Å². The van der Waals surface area contributed by atoms with Crippen molar-refractivity contribution in [1.82, 2.24) is 10.1 Å². The zero-order valence-corrected chi connectivity index (χ0v) is 14.4. The summed E-state index contributed by atoms with van der Waals surface area (Å²) >= 11 is 17.9. The van der Waals surface area contributed by atoms with Crippen molar-refractivity contribution in [3.8, 4) is 11.5 Å². The first-order valence-electron chi connectivity index (χ1n) is 6.85. The molecule has 0 radical (unpaired) electrons. The summed E-state index contributed by atoms with van der Waals surface area (Å²) in [6.45, 7) is 0. The topological polar surface area (TPSA) is 68.0 Å². The summed E-state index contributed by atoms with van der Waals surface area (Å²) in [6, 6.07) is 12.3. The van der Waals surface area contributed by atoms with Gasteiger partial charge in [-0.1, -0.05) is 58.2 Å². The van der Waals surface area contributed by atoms with Gasteiger partial charge in [0.2, 0.25) is 5.91 Å². The Hall–Kier alpha value is -2.08. The number of rotatable bonds is 4. The summed E-state index contributed by atoms with van der Waals surface area (Å²) in [4.78, 5) is 16.3. The van der Waals surface area contributed by atoms with Crippen molar-refractivity contribution in [3.05, 3.63) is 63.4 Å². The Morgan fingerprint density at radius 3 is 2.42 bits per heavy atom. The molecule has 0 aliphatic rings. The number of hydrogen-bond acceptors (Lipinski definition) is 4. The normalized spacial score (nSPS) is 10.6. The van der Waals surface area contributed by atoms with E-state index in [1.54, 1.807) is 0 Å². The molecule has 0 unspecified atom stereocenters. The maximum atomic E-state index is 12.1. The predicted octanol–water partition coefficient (Wildman–Crippen LogP) is 4.88. The van der Waals surface area contributed by atoms with E-state index in [-0.39, 0.29) is 28.2 Å². The lowest BCUT2D eigenvalue weighted by molar-refractivity contribution is -0.115. The van der Waals surface area contributed by atoms with Gasteiger partial charge < -0.3 is 9.84 Å². The van der Waals surface area contributed by atoms with Gasteiger partial charge in [0.1, 0.15) is 0 Å². The van der Waals surface area contributed by atoms with Crippen LogP contribution in [0.25, 0.3) is 11.5 Å². The molecule has 1 N–H and O–H groups in total. The Morgan fingerprint density at radius 1 is 1.08 bits per heavy atom. The number of carbonyl (C=O) groups is 1. The average Bonchev–Trinajstić information content (AvgIpc) is 3.00. The van der Waals surface area contributed by atoms with Crippen molar-refractivity contribution in [1.29, 1.82) is 0 Å². The van der Waals surface area contributed by atoms with Crippen LogP contribution < -0.4 is 5.32 Å². The predicted molar refractivity (Wildman–Crippen MR) is 93.5 cm³/mol. The third-order valence-corrected chi connectivity index (χ3v) is 3.89. The molecule has 0 spiro atoms. The summed E-state index contributed by atoms with van der Waals surface area (Å²) in [5.41, 5.74) is 1.07. The second kappa shape index (κ2) is 7.21. The number of aromatic nitrogens is 2. The van der Waals surface area contributed by atoms with Crippen molar-refractivity contribution in [2.24, 2.45) is 0 Å². The van der Waals surface area contributed by atoms with Crippen LogP contribution in [0.5, 0.6) is 0 Å². The molecule has 0 fully saturated rings. The van der Waals surface area contributed by atoms with E-state index >= 15 is 0 Å². The quantitative estimate of drug-likeness (QED) is 0.698. The van der Waals surface area contributed by atoms with Crippen LogP contribution in [0, 0.1) is 0 Å². The molecule has 0 aliphatic carbocycles. The van der Waals surface area contributed by atoms with Crippen LogP contribution in [-0.4, -0.2) is 16.0 Å². The van der Waals surface area contributed by atoms with E-state index in [4.69, 9.17) is 39.3 Å². The number of anilines is 1. The minimum absolute atomic E-state index is 0.0778. The number of halogens is 3. The van der Waals surface area contributed by atoms with E-state index in [9.17, 15) is 4.79 Å². The van der Waals surface area contributed by atoms with Gasteiger partial charge in [-0.15, -0.1) is 0 Å². The number of benzene rings is 2. The van der Waals surface area contributed by atoms with Gasteiger partial charge in [0.25, 0.3) is 5.89 Å². The number of hydrogen-bond donors (Lipinski definition) is 1. The number of nitrogens with one attached hydrogen (secondary N) is 1. The zero-order valence-electron chi connectivity index (χ0n) is 12.1.